The summed E-state index contributed by atoms with van der Waals surface area (Å²) in [5, 5.41) is 8.11. The maximum atomic E-state index is 13.3. The van der Waals surface area contributed by atoms with Crippen LogP contribution >= 0.6 is 0 Å². The molecule has 172 valence electrons. The van der Waals surface area contributed by atoms with Gasteiger partial charge in [0.15, 0.2) is 5.82 Å². The molecule has 0 aromatic carbocycles. The van der Waals surface area contributed by atoms with Gasteiger partial charge in [-0.25, -0.2) is 28.3 Å². The largest absolute Gasteiger partial charge is 0.350 e. The molecule has 1 aliphatic carbocycles. The highest BCUT2D eigenvalue weighted by Gasteiger charge is 2.51. The van der Waals surface area contributed by atoms with Crippen LogP contribution in [-0.4, -0.2) is 62.8 Å². The first-order valence-corrected chi connectivity index (χ1v) is 11.4. The van der Waals surface area contributed by atoms with Crippen molar-refractivity contribution in [2.24, 2.45) is 10.4 Å². The van der Waals surface area contributed by atoms with Gasteiger partial charge >= 0.3 is 0 Å². The highest BCUT2D eigenvalue weighted by atomic mass is 19.3. The van der Waals surface area contributed by atoms with Crippen molar-refractivity contribution in [3.8, 4) is 11.1 Å². The van der Waals surface area contributed by atoms with Gasteiger partial charge in [-0.15, -0.1) is 5.10 Å². The van der Waals surface area contributed by atoms with Gasteiger partial charge in [0.1, 0.15) is 0 Å². The van der Waals surface area contributed by atoms with Crippen molar-refractivity contribution in [3.05, 3.63) is 36.3 Å². The molecule has 2 aliphatic heterocycles. The van der Waals surface area contributed by atoms with Gasteiger partial charge in [0.2, 0.25) is 12.4 Å². The van der Waals surface area contributed by atoms with E-state index < -0.39 is 11.8 Å². The predicted molar refractivity (Wildman–Crippen MR) is 124 cm³/mol. The molecule has 5 heterocycles. The van der Waals surface area contributed by atoms with E-state index in [2.05, 4.69) is 37.3 Å². The molecule has 0 radical (unpaired) electrons. The quantitative estimate of drug-likeness (QED) is 0.626. The summed E-state index contributed by atoms with van der Waals surface area (Å²) in [4.78, 5) is 15.8. The SMILES string of the molecule is CC1=Nc2ncc(-c3ccn4nc(NC5CC6(C5)CN(C)C6)ncc34)cc2C1(C)CC(F)F. The van der Waals surface area contributed by atoms with E-state index >= 15 is 0 Å². The van der Waals surface area contributed by atoms with E-state index in [0.717, 1.165) is 35.0 Å². The number of hydrogen-bond donors (Lipinski definition) is 1. The van der Waals surface area contributed by atoms with Gasteiger partial charge < -0.3 is 10.2 Å². The molecule has 3 aliphatic rings. The molecule has 6 rings (SSSR count). The molecule has 0 amide bonds. The third kappa shape index (κ3) is 3.24. The first kappa shape index (κ1) is 20.7. The second-order valence-corrected chi connectivity index (χ2v) is 10.3. The Labute approximate surface area is 190 Å². The van der Waals surface area contributed by atoms with Crippen LogP contribution in [0.5, 0.6) is 0 Å². The fourth-order valence-electron chi connectivity index (χ4n) is 5.98. The first-order chi connectivity index (χ1) is 15.7. The summed E-state index contributed by atoms with van der Waals surface area (Å²) < 4.78 is 28.4. The molecular formula is C24H27F2N7. The monoisotopic (exact) mass is 451 g/mol. The zero-order chi connectivity index (χ0) is 23.0. The van der Waals surface area contributed by atoms with Gasteiger partial charge in [-0.2, -0.15) is 0 Å². The molecule has 1 unspecified atom stereocenters. The molecule has 3 aromatic rings. The molecule has 33 heavy (non-hydrogen) atoms. The highest BCUT2D eigenvalue weighted by Crippen LogP contribution is 2.48. The second-order valence-electron chi connectivity index (χ2n) is 10.3. The van der Waals surface area contributed by atoms with E-state index in [1.807, 2.05) is 36.0 Å². The molecule has 1 atom stereocenters. The second kappa shape index (κ2) is 7.03. The van der Waals surface area contributed by atoms with Gasteiger partial charge in [-0.05, 0) is 51.3 Å². The van der Waals surface area contributed by atoms with Gasteiger partial charge in [-0.3, -0.25) is 0 Å². The van der Waals surface area contributed by atoms with Crippen molar-refractivity contribution in [3.63, 3.8) is 0 Å². The number of fused-ring (bicyclic) bond motifs is 2. The molecule has 0 bridgehead atoms. The number of aliphatic imine (C=N–C) groups is 1. The van der Waals surface area contributed by atoms with Gasteiger partial charge in [0, 0.05) is 65.8 Å². The average molecular weight is 452 g/mol. The van der Waals surface area contributed by atoms with Crippen LogP contribution in [0.3, 0.4) is 0 Å². The van der Waals surface area contributed by atoms with Crippen LogP contribution in [0.1, 0.15) is 38.7 Å². The number of aromatic nitrogens is 4. The van der Waals surface area contributed by atoms with Crippen LogP contribution in [0.15, 0.2) is 35.7 Å². The molecule has 2 fully saturated rings. The Morgan fingerprint density at radius 3 is 2.73 bits per heavy atom. The van der Waals surface area contributed by atoms with Gasteiger partial charge in [0.25, 0.3) is 0 Å². The minimum atomic E-state index is -2.42. The maximum Gasteiger partial charge on any atom is 0.241 e. The number of alkyl halides is 2. The lowest BCUT2D eigenvalue weighted by molar-refractivity contribution is -0.0514. The van der Waals surface area contributed by atoms with Crippen LogP contribution < -0.4 is 5.32 Å². The minimum absolute atomic E-state index is 0.270. The van der Waals surface area contributed by atoms with E-state index in [1.54, 1.807) is 13.1 Å². The topological polar surface area (TPSA) is 70.7 Å². The van der Waals surface area contributed by atoms with E-state index in [-0.39, 0.29) is 6.42 Å². The number of pyridine rings is 1. The van der Waals surface area contributed by atoms with E-state index in [9.17, 15) is 8.78 Å². The lowest BCUT2D eigenvalue weighted by atomic mass is 9.61. The Bertz CT molecular complexity index is 1270. The summed E-state index contributed by atoms with van der Waals surface area (Å²) in [6, 6.07) is 4.32. The lowest BCUT2D eigenvalue weighted by Crippen LogP contribution is -2.63. The molecule has 1 saturated heterocycles. The third-order valence-corrected chi connectivity index (χ3v) is 7.73. The summed E-state index contributed by atoms with van der Waals surface area (Å²) in [6.45, 7) is 5.98. The Kier molecular flexibility index (Phi) is 4.40. The molecular weight excluding hydrogens is 424 g/mol. The summed E-state index contributed by atoms with van der Waals surface area (Å²) >= 11 is 0. The summed E-state index contributed by atoms with van der Waals surface area (Å²) in [7, 11) is 2.16. The minimum Gasteiger partial charge on any atom is -0.350 e. The van der Waals surface area contributed by atoms with Crippen molar-refractivity contribution in [1.82, 2.24) is 24.5 Å². The molecule has 3 aromatic heterocycles. The zero-order valence-corrected chi connectivity index (χ0v) is 19.0. The van der Waals surface area contributed by atoms with Crippen LogP contribution in [0, 0.1) is 5.41 Å². The van der Waals surface area contributed by atoms with E-state index in [0.29, 0.717) is 28.9 Å². The highest BCUT2D eigenvalue weighted by molar-refractivity contribution is 5.99. The predicted octanol–water partition coefficient (Wildman–Crippen LogP) is 4.32. The van der Waals surface area contributed by atoms with Crippen molar-refractivity contribution >= 4 is 23.0 Å². The zero-order valence-electron chi connectivity index (χ0n) is 19.0. The Morgan fingerprint density at radius 1 is 1.21 bits per heavy atom. The van der Waals surface area contributed by atoms with Gasteiger partial charge in [-0.1, -0.05) is 0 Å². The van der Waals surface area contributed by atoms with Crippen molar-refractivity contribution in [2.45, 2.75) is 51.0 Å². The van der Waals surface area contributed by atoms with Crippen molar-refractivity contribution in [2.75, 3.05) is 25.5 Å². The number of nitrogens with zero attached hydrogens (tertiary/aromatic N) is 6. The van der Waals surface area contributed by atoms with Crippen LogP contribution in [0.2, 0.25) is 0 Å². The first-order valence-electron chi connectivity index (χ1n) is 11.4. The smallest absolute Gasteiger partial charge is 0.241 e. The standard InChI is InChI=1S/C24H27F2N7/c1-14-23(2,9-20(25)26)18-6-15(10-27-21(18)29-14)17-4-5-33-19(17)11-28-22(31-33)30-16-7-24(8-16)12-32(3)13-24/h4-6,10-11,16,20H,7-9,12-13H2,1-3H3,(H,30,31). The number of nitrogens with one attached hydrogen (secondary N) is 1. The van der Waals surface area contributed by atoms with E-state index in [4.69, 9.17) is 0 Å². The molecule has 9 heteroatoms. The third-order valence-electron chi connectivity index (χ3n) is 7.73. The fraction of sp³-hybridized carbons (Fsp3) is 0.500. The molecule has 1 spiro atoms. The summed E-state index contributed by atoms with van der Waals surface area (Å²) in [5.74, 6) is 1.15. The number of hydrogen-bond acceptors (Lipinski definition) is 6. The molecule has 1 N–H and O–H groups in total. The Hall–Kier alpha value is -2.94. The average Bonchev–Trinajstić information content (AvgIpc) is 3.23. The molecule has 1 saturated carbocycles. The van der Waals surface area contributed by atoms with Crippen LogP contribution in [0.25, 0.3) is 16.6 Å². The summed E-state index contributed by atoms with van der Waals surface area (Å²) in [6.07, 6.45) is 5.09. The van der Waals surface area contributed by atoms with Crippen molar-refractivity contribution < 1.29 is 8.78 Å². The lowest BCUT2D eigenvalue weighted by Gasteiger charge is -2.58. The molecule has 7 nitrogen and oxygen atoms in total. The van der Waals surface area contributed by atoms with Crippen molar-refractivity contribution in [1.29, 1.82) is 0 Å². The Morgan fingerprint density at radius 2 is 2.00 bits per heavy atom. The summed E-state index contributed by atoms with van der Waals surface area (Å²) in [5.41, 5.74) is 3.72. The van der Waals surface area contributed by atoms with Crippen LogP contribution in [0.4, 0.5) is 20.5 Å². The number of anilines is 1. The Balaban J connectivity index is 1.25. The van der Waals surface area contributed by atoms with Gasteiger partial charge in [0.05, 0.1) is 11.7 Å². The fourth-order valence-corrected chi connectivity index (χ4v) is 5.98. The number of halogens is 2. The number of likely N-dealkylation sites (tertiary alicyclic amines) is 1. The van der Waals surface area contributed by atoms with Crippen LogP contribution in [-0.2, 0) is 5.41 Å². The normalized spacial score (nSPS) is 24.1. The number of rotatable bonds is 5. The van der Waals surface area contributed by atoms with E-state index in [1.165, 1.54) is 13.1 Å². The maximum absolute atomic E-state index is 13.3.